The zero-order valence-electron chi connectivity index (χ0n) is 8.06. The van der Waals surface area contributed by atoms with Crippen molar-refractivity contribution in [2.75, 3.05) is 6.61 Å². The standard InChI is InChI=1S/C9H13N3O2/c1-2-3-12-5-7(4-10-12)8-6-14-9(13)11-8/h4-5,8H,2-3,6H2,1H3,(H,11,13). The number of amides is 1. The van der Waals surface area contributed by atoms with E-state index in [-0.39, 0.29) is 12.1 Å². The van der Waals surface area contributed by atoms with Crippen molar-refractivity contribution >= 4 is 6.09 Å². The van der Waals surface area contributed by atoms with Crippen LogP contribution < -0.4 is 5.32 Å². The van der Waals surface area contributed by atoms with Crippen molar-refractivity contribution in [3.63, 3.8) is 0 Å². The average molecular weight is 195 g/mol. The maximum atomic E-state index is 10.8. The molecule has 1 aromatic rings. The number of alkyl carbamates (subject to hydrolysis) is 1. The van der Waals surface area contributed by atoms with E-state index in [9.17, 15) is 4.79 Å². The Morgan fingerprint density at radius 3 is 3.29 bits per heavy atom. The molecule has 76 valence electrons. The lowest BCUT2D eigenvalue weighted by Gasteiger charge is -2.02. The molecule has 0 saturated carbocycles. The normalized spacial score (nSPS) is 20.6. The second kappa shape index (κ2) is 3.69. The van der Waals surface area contributed by atoms with Gasteiger partial charge in [-0.2, -0.15) is 5.10 Å². The van der Waals surface area contributed by atoms with Gasteiger partial charge in [0.1, 0.15) is 6.61 Å². The summed E-state index contributed by atoms with van der Waals surface area (Å²) in [5.41, 5.74) is 1.00. The Balaban J connectivity index is 2.05. The van der Waals surface area contributed by atoms with E-state index < -0.39 is 0 Å². The van der Waals surface area contributed by atoms with Gasteiger partial charge in [0.15, 0.2) is 0 Å². The fraction of sp³-hybridized carbons (Fsp3) is 0.556. The molecule has 0 aliphatic carbocycles. The molecule has 0 spiro atoms. The highest BCUT2D eigenvalue weighted by Gasteiger charge is 2.24. The van der Waals surface area contributed by atoms with Gasteiger partial charge in [0.25, 0.3) is 0 Å². The van der Waals surface area contributed by atoms with Crippen LogP contribution in [0.1, 0.15) is 24.9 Å². The molecule has 1 N–H and O–H groups in total. The third-order valence-corrected chi connectivity index (χ3v) is 2.18. The maximum Gasteiger partial charge on any atom is 0.407 e. The first kappa shape index (κ1) is 9.05. The zero-order valence-corrected chi connectivity index (χ0v) is 8.06. The van der Waals surface area contributed by atoms with Gasteiger partial charge in [-0.1, -0.05) is 6.92 Å². The lowest BCUT2D eigenvalue weighted by atomic mass is 10.2. The van der Waals surface area contributed by atoms with Crippen molar-refractivity contribution in [3.8, 4) is 0 Å². The van der Waals surface area contributed by atoms with Crippen molar-refractivity contribution in [3.05, 3.63) is 18.0 Å². The number of nitrogens with zero attached hydrogens (tertiary/aromatic N) is 2. The SMILES string of the molecule is CCCn1cc(C2COC(=O)N2)cn1. The number of hydrogen-bond donors (Lipinski definition) is 1. The molecule has 0 aromatic carbocycles. The van der Waals surface area contributed by atoms with Crippen LogP contribution in [0.2, 0.25) is 0 Å². The van der Waals surface area contributed by atoms with Crippen LogP contribution in [-0.2, 0) is 11.3 Å². The van der Waals surface area contributed by atoms with E-state index in [2.05, 4.69) is 17.3 Å². The molecule has 1 atom stereocenters. The fourth-order valence-corrected chi connectivity index (χ4v) is 1.48. The number of aryl methyl sites for hydroxylation is 1. The minimum Gasteiger partial charge on any atom is -0.447 e. The number of hydrogen-bond acceptors (Lipinski definition) is 3. The van der Waals surface area contributed by atoms with Crippen LogP contribution in [0, 0.1) is 0 Å². The molecule has 0 radical (unpaired) electrons. The highest BCUT2D eigenvalue weighted by atomic mass is 16.6. The van der Waals surface area contributed by atoms with Gasteiger partial charge in [-0.15, -0.1) is 0 Å². The first-order chi connectivity index (χ1) is 6.79. The van der Waals surface area contributed by atoms with E-state index >= 15 is 0 Å². The van der Waals surface area contributed by atoms with Crippen molar-refractivity contribution in [2.45, 2.75) is 25.9 Å². The number of nitrogens with one attached hydrogen (secondary N) is 1. The molecule has 5 heteroatoms. The van der Waals surface area contributed by atoms with Gasteiger partial charge in [0.05, 0.1) is 12.2 Å². The smallest absolute Gasteiger partial charge is 0.407 e. The molecule has 1 saturated heterocycles. The second-order valence-corrected chi connectivity index (χ2v) is 3.33. The molecule has 1 aromatic heterocycles. The number of carbonyl (C=O) groups excluding carboxylic acids is 1. The quantitative estimate of drug-likeness (QED) is 0.785. The van der Waals surface area contributed by atoms with Gasteiger partial charge < -0.3 is 10.1 Å². The molecular weight excluding hydrogens is 182 g/mol. The summed E-state index contributed by atoms with van der Waals surface area (Å²) in [5, 5.41) is 6.90. The molecule has 5 nitrogen and oxygen atoms in total. The van der Waals surface area contributed by atoms with Gasteiger partial charge in [-0.05, 0) is 6.42 Å². The topological polar surface area (TPSA) is 56.1 Å². The Kier molecular flexibility index (Phi) is 2.39. The lowest BCUT2D eigenvalue weighted by molar-refractivity contribution is 0.177. The summed E-state index contributed by atoms with van der Waals surface area (Å²) in [5.74, 6) is 0. The lowest BCUT2D eigenvalue weighted by Crippen LogP contribution is -2.17. The summed E-state index contributed by atoms with van der Waals surface area (Å²) in [4.78, 5) is 10.8. The van der Waals surface area contributed by atoms with Gasteiger partial charge >= 0.3 is 6.09 Å². The molecule has 1 aliphatic rings. The molecule has 0 bridgehead atoms. The summed E-state index contributed by atoms with van der Waals surface area (Å²) < 4.78 is 6.68. The molecule has 1 amide bonds. The Morgan fingerprint density at radius 1 is 1.79 bits per heavy atom. The Bertz CT molecular complexity index is 335. The first-order valence-corrected chi connectivity index (χ1v) is 4.75. The minimum atomic E-state index is -0.349. The molecule has 14 heavy (non-hydrogen) atoms. The molecule has 2 rings (SSSR count). The Labute approximate surface area is 82.0 Å². The van der Waals surface area contributed by atoms with Crippen molar-refractivity contribution in [1.82, 2.24) is 15.1 Å². The van der Waals surface area contributed by atoms with Crippen LogP contribution in [0.4, 0.5) is 4.79 Å². The highest BCUT2D eigenvalue weighted by molar-refractivity contribution is 5.69. The summed E-state index contributed by atoms with van der Waals surface area (Å²) in [6.45, 7) is 3.40. The fourth-order valence-electron chi connectivity index (χ4n) is 1.48. The third-order valence-electron chi connectivity index (χ3n) is 2.18. The van der Waals surface area contributed by atoms with Crippen LogP contribution in [0.3, 0.4) is 0 Å². The van der Waals surface area contributed by atoms with Gasteiger partial charge in [0, 0.05) is 18.3 Å². The van der Waals surface area contributed by atoms with Crippen molar-refractivity contribution in [2.24, 2.45) is 0 Å². The first-order valence-electron chi connectivity index (χ1n) is 4.75. The largest absolute Gasteiger partial charge is 0.447 e. The Hall–Kier alpha value is -1.52. The van der Waals surface area contributed by atoms with Crippen LogP contribution in [-0.4, -0.2) is 22.5 Å². The second-order valence-electron chi connectivity index (χ2n) is 3.33. The van der Waals surface area contributed by atoms with Crippen LogP contribution in [0.5, 0.6) is 0 Å². The monoisotopic (exact) mass is 195 g/mol. The summed E-state index contributed by atoms with van der Waals surface area (Å²) >= 11 is 0. The summed E-state index contributed by atoms with van der Waals surface area (Å²) in [6.07, 6.45) is 4.42. The molecule has 1 fully saturated rings. The van der Waals surface area contributed by atoms with E-state index in [1.54, 1.807) is 6.20 Å². The molecule has 2 heterocycles. The van der Waals surface area contributed by atoms with Crippen molar-refractivity contribution < 1.29 is 9.53 Å². The Morgan fingerprint density at radius 2 is 2.64 bits per heavy atom. The average Bonchev–Trinajstić information content (AvgIpc) is 2.74. The zero-order chi connectivity index (χ0) is 9.97. The predicted molar refractivity (Wildman–Crippen MR) is 49.7 cm³/mol. The molecule has 1 aliphatic heterocycles. The minimum absolute atomic E-state index is 0.0342. The van der Waals surface area contributed by atoms with E-state index in [0.717, 1.165) is 18.5 Å². The highest BCUT2D eigenvalue weighted by Crippen LogP contribution is 2.16. The van der Waals surface area contributed by atoms with Gasteiger partial charge in [-0.25, -0.2) is 4.79 Å². The van der Waals surface area contributed by atoms with Crippen LogP contribution in [0.25, 0.3) is 0 Å². The number of carbonyl (C=O) groups is 1. The number of aromatic nitrogens is 2. The predicted octanol–water partition coefficient (Wildman–Crippen LogP) is 1.07. The van der Waals surface area contributed by atoms with Crippen molar-refractivity contribution in [1.29, 1.82) is 0 Å². The van der Waals surface area contributed by atoms with E-state index in [4.69, 9.17) is 4.74 Å². The maximum absolute atomic E-state index is 10.8. The summed E-state index contributed by atoms with van der Waals surface area (Å²) in [7, 11) is 0. The number of rotatable bonds is 3. The van der Waals surface area contributed by atoms with Crippen LogP contribution >= 0.6 is 0 Å². The van der Waals surface area contributed by atoms with E-state index in [0.29, 0.717) is 6.61 Å². The van der Waals surface area contributed by atoms with E-state index in [1.165, 1.54) is 0 Å². The third kappa shape index (κ3) is 1.71. The van der Waals surface area contributed by atoms with E-state index in [1.807, 2.05) is 10.9 Å². The summed E-state index contributed by atoms with van der Waals surface area (Å²) in [6, 6.07) is -0.0342. The molecular formula is C9H13N3O2. The number of ether oxygens (including phenoxy) is 1. The van der Waals surface area contributed by atoms with Gasteiger partial charge in [-0.3, -0.25) is 4.68 Å². The van der Waals surface area contributed by atoms with Gasteiger partial charge in [0.2, 0.25) is 0 Å². The molecule has 1 unspecified atom stereocenters. The van der Waals surface area contributed by atoms with Crippen LogP contribution in [0.15, 0.2) is 12.4 Å². The number of cyclic esters (lactones) is 1.